The van der Waals surface area contributed by atoms with Gasteiger partial charge in [0.15, 0.2) is 11.5 Å². The highest BCUT2D eigenvalue weighted by Crippen LogP contribution is 2.42. The number of nitrogens with zero attached hydrogens (tertiary/aromatic N) is 1. The molecule has 0 aromatic heterocycles. The van der Waals surface area contributed by atoms with Crippen LogP contribution >= 0.6 is 0 Å². The van der Waals surface area contributed by atoms with Crippen molar-refractivity contribution in [2.45, 2.75) is 32.3 Å². The number of piperidine rings is 1. The van der Waals surface area contributed by atoms with Crippen LogP contribution in [0.3, 0.4) is 0 Å². The molecule has 30 heavy (non-hydrogen) atoms. The Kier molecular flexibility index (Phi) is 5.23. The summed E-state index contributed by atoms with van der Waals surface area (Å²) in [5, 5.41) is 2.81. The summed E-state index contributed by atoms with van der Waals surface area (Å²) in [6.07, 6.45) is 0.471. The first kappa shape index (κ1) is 20.7. The largest absolute Gasteiger partial charge is 0.486 e. The summed E-state index contributed by atoms with van der Waals surface area (Å²) in [6, 6.07) is 5.08. The van der Waals surface area contributed by atoms with Crippen LogP contribution in [0.2, 0.25) is 0 Å². The van der Waals surface area contributed by atoms with Gasteiger partial charge in [0.1, 0.15) is 18.8 Å². The Balaban J connectivity index is 1.55. The van der Waals surface area contributed by atoms with E-state index in [1.165, 1.54) is 4.31 Å². The first-order valence-electron chi connectivity index (χ1n) is 9.89. The van der Waals surface area contributed by atoms with Gasteiger partial charge in [0.05, 0.1) is 11.3 Å². The second-order valence-corrected chi connectivity index (χ2v) is 9.75. The minimum Gasteiger partial charge on any atom is -0.486 e. The number of esters is 1. The average molecular weight is 436 g/mol. The van der Waals surface area contributed by atoms with Gasteiger partial charge >= 0.3 is 5.97 Å². The monoisotopic (exact) mass is 436 g/mol. The Morgan fingerprint density at radius 2 is 1.83 bits per heavy atom. The fraction of sp³-hybridized carbons (Fsp3) is 0.500. The first-order chi connectivity index (χ1) is 14.3. The summed E-state index contributed by atoms with van der Waals surface area (Å²) < 4.78 is 42.4. The number of anilines is 1. The zero-order chi connectivity index (χ0) is 21.5. The maximum Gasteiger partial charge on any atom is 0.335 e. The topological polar surface area (TPSA) is 111 Å². The van der Waals surface area contributed by atoms with Crippen LogP contribution in [0.25, 0.3) is 0 Å². The fourth-order valence-corrected chi connectivity index (χ4v) is 5.20. The van der Waals surface area contributed by atoms with Gasteiger partial charge in [-0.05, 0) is 26.0 Å². The zero-order valence-electron chi connectivity index (χ0n) is 16.9. The summed E-state index contributed by atoms with van der Waals surface area (Å²) in [7, 11) is -3.34. The van der Waals surface area contributed by atoms with Crippen molar-refractivity contribution in [2.75, 3.05) is 37.4 Å². The van der Waals surface area contributed by atoms with E-state index in [9.17, 15) is 18.0 Å². The normalized spacial score (nSPS) is 20.9. The van der Waals surface area contributed by atoms with Crippen molar-refractivity contribution in [1.29, 1.82) is 0 Å². The molecule has 0 bridgehead atoms. The number of rotatable bonds is 4. The van der Waals surface area contributed by atoms with E-state index < -0.39 is 27.5 Å². The highest BCUT2D eigenvalue weighted by Gasteiger charge is 2.51. The van der Waals surface area contributed by atoms with Gasteiger partial charge in [0.2, 0.25) is 10.0 Å². The second kappa shape index (κ2) is 7.59. The molecule has 1 aromatic rings. The maximum atomic E-state index is 13.1. The molecule has 1 fully saturated rings. The molecule has 162 valence electrons. The van der Waals surface area contributed by atoms with Crippen LogP contribution in [-0.2, 0) is 24.3 Å². The molecule has 1 amide bonds. The third-order valence-corrected chi connectivity index (χ3v) is 7.62. The van der Waals surface area contributed by atoms with E-state index >= 15 is 0 Å². The van der Waals surface area contributed by atoms with Crippen LogP contribution in [-0.4, -0.2) is 62.3 Å². The molecule has 0 unspecified atom stereocenters. The number of carbonyl (C=O) groups is 2. The molecule has 1 saturated heterocycles. The lowest BCUT2D eigenvalue weighted by molar-refractivity contribution is -0.149. The Hall–Kier alpha value is -2.59. The highest BCUT2D eigenvalue weighted by atomic mass is 32.2. The number of ether oxygens (including phenoxy) is 3. The SMILES string of the molecule is CCS(=O)(=O)N1CCC2(CC1)OC(=O)C(C)=C2C(=O)Nc1ccc2c(c1)OCCO2. The molecule has 1 spiro atoms. The summed E-state index contributed by atoms with van der Waals surface area (Å²) in [5.41, 5.74) is -0.100. The van der Waals surface area contributed by atoms with E-state index in [1.54, 1.807) is 32.0 Å². The van der Waals surface area contributed by atoms with Gasteiger partial charge < -0.3 is 19.5 Å². The van der Waals surface area contributed by atoms with Crippen LogP contribution in [0.1, 0.15) is 26.7 Å². The number of amides is 1. The summed E-state index contributed by atoms with van der Waals surface area (Å²) in [4.78, 5) is 25.5. The number of carbonyl (C=O) groups excluding carboxylic acids is 2. The first-order valence-corrected chi connectivity index (χ1v) is 11.5. The van der Waals surface area contributed by atoms with E-state index in [0.717, 1.165) is 0 Å². The van der Waals surface area contributed by atoms with Crippen molar-refractivity contribution in [2.24, 2.45) is 0 Å². The minimum atomic E-state index is -3.34. The third kappa shape index (κ3) is 3.54. The molecule has 0 aliphatic carbocycles. The van der Waals surface area contributed by atoms with Crippen LogP contribution in [0.15, 0.2) is 29.3 Å². The highest BCUT2D eigenvalue weighted by molar-refractivity contribution is 7.89. The van der Waals surface area contributed by atoms with Crippen molar-refractivity contribution >= 4 is 27.6 Å². The van der Waals surface area contributed by atoms with Gasteiger partial charge in [-0.2, -0.15) is 0 Å². The minimum absolute atomic E-state index is 0.00606. The van der Waals surface area contributed by atoms with Crippen molar-refractivity contribution in [3.8, 4) is 11.5 Å². The van der Waals surface area contributed by atoms with Crippen molar-refractivity contribution < 1.29 is 32.2 Å². The van der Waals surface area contributed by atoms with Crippen LogP contribution in [0.4, 0.5) is 5.69 Å². The van der Waals surface area contributed by atoms with E-state index in [-0.39, 0.29) is 42.8 Å². The zero-order valence-corrected chi connectivity index (χ0v) is 17.7. The van der Waals surface area contributed by atoms with Gasteiger partial charge in [-0.1, -0.05) is 0 Å². The smallest absolute Gasteiger partial charge is 0.335 e. The standard InChI is InChI=1S/C20H24N2O7S/c1-3-30(25,26)22-8-6-20(7-9-22)17(13(2)19(24)29-20)18(23)21-14-4-5-15-16(12-14)28-11-10-27-15/h4-5,12H,3,6-11H2,1-2H3,(H,21,23). The Morgan fingerprint density at radius 1 is 1.17 bits per heavy atom. The molecular weight excluding hydrogens is 412 g/mol. The number of hydrogen-bond acceptors (Lipinski definition) is 7. The molecule has 4 rings (SSSR count). The quantitative estimate of drug-likeness (QED) is 0.711. The second-order valence-electron chi connectivity index (χ2n) is 7.50. The molecule has 3 aliphatic rings. The Morgan fingerprint density at radius 3 is 2.50 bits per heavy atom. The molecule has 0 saturated carbocycles. The Labute approximate surface area is 175 Å². The van der Waals surface area contributed by atoms with E-state index in [4.69, 9.17) is 14.2 Å². The molecule has 0 atom stereocenters. The Bertz CT molecular complexity index is 1020. The predicted molar refractivity (Wildman–Crippen MR) is 108 cm³/mol. The summed E-state index contributed by atoms with van der Waals surface area (Å²) >= 11 is 0. The number of sulfonamides is 1. The summed E-state index contributed by atoms with van der Waals surface area (Å²) in [5.74, 6) is 0.161. The van der Waals surface area contributed by atoms with Crippen LogP contribution < -0.4 is 14.8 Å². The lowest BCUT2D eigenvalue weighted by atomic mass is 9.83. The maximum absolute atomic E-state index is 13.1. The molecule has 3 heterocycles. The molecule has 3 aliphatic heterocycles. The molecule has 1 N–H and O–H groups in total. The number of nitrogens with one attached hydrogen (secondary N) is 1. The lowest BCUT2D eigenvalue weighted by Gasteiger charge is -2.38. The number of hydrogen-bond donors (Lipinski definition) is 1. The van der Waals surface area contributed by atoms with Crippen LogP contribution in [0.5, 0.6) is 11.5 Å². The van der Waals surface area contributed by atoms with E-state index in [0.29, 0.717) is 30.4 Å². The third-order valence-electron chi connectivity index (χ3n) is 5.74. The van der Waals surface area contributed by atoms with Gasteiger partial charge in [-0.25, -0.2) is 17.5 Å². The summed E-state index contributed by atoms with van der Waals surface area (Å²) in [6.45, 7) is 4.43. The van der Waals surface area contributed by atoms with Crippen LogP contribution in [0, 0.1) is 0 Å². The molecule has 1 aromatic carbocycles. The van der Waals surface area contributed by atoms with Crippen molar-refractivity contribution in [1.82, 2.24) is 4.31 Å². The average Bonchev–Trinajstić information content (AvgIpc) is 2.97. The van der Waals surface area contributed by atoms with E-state index in [1.807, 2.05) is 0 Å². The fourth-order valence-electron chi connectivity index (χ4n) is 4.10. The van der Waals surface area contributed by atoms with Crippen molar-refractivity contribution in [3.63, 3.8) is 0 Å². The predicted octanol–water partition coefficient (Wildman–Crippen LogP) is 1.45. The van der Waals surface area contributed by atoms with Gasteiger partial charge in [0.25, 0.3) is 5.91 Å². The molecular formula is C20H24N2O7S. The molecule has 10 heteroatoms. The van der Waals surface area contributed by atoms with Gasteiger partial charge in [-0.3, -0.25) is 4.79 Å². The van der Waals surface area contributed by atoms with Gasteiger partial charge in [0, 0.05) is 43.3 Å². The van der Waals surface area contributed by atoms with Crippen molar-refractivity contribution in [3.05, 3.63) is 29.3 Å². The van der Waals surface area contributed by atoms with E-state index in [2.05, 4.69) is 5.32 Å². The molecule has 0 radical (unpaired) electrons. The number of fused-ring (bicyclic) bond motifs is 1. The number of benzene rings is 1. The van der Waals surface area contributed by atoms with Gasteiger partial charge in [-0.15, -0.1) is 0 Å². The molecule has 9 nitrogen and oxygen atoms in total. The lowest BCUT2D eigenvalue weighted by Crippen LogP contribution is -2.49.